The van der Waals surface area contributed by atoms with E-state index in [4.69, 9.17) is 12.2 Å². The molecule has 1 saturated heterocycles. The van der Waals surface area contributed by atoms with Crippen molar-refractivity contribution in [3.8, 4) is 0 Å². The van der Waals surface area contributed by atoms with Crippen molar-refractivity contribution in [3.05, 3.63) is 75.9 Å². The SMILES string of the molecule is Cc1ccc(C(=O)NNC(=O)CCN2C(=O)C(=Cc3ccccc3F)SC2=S)cc1. The lowest BCUT2D eigenvalue weighted by atomic mass is 10.1. The van der Waals surface area contributed by atoms with Crippen molar-refractivity contribution >= 4 is 52.1 Å². The minimum absolute atomic E-state index is 0.0471. The molecule has 1 aliphatic heterocycles. The molecule has 2 aromatic rings. The molecule has 9 heteroatoms. The number of thioether (sulfide) groups is 1. The number of rotatable bonds is 5. The van der Waals surface area contributed by atoms with Gasteiger partial charge >= 0.3 is 0 Å². The molecule has 2 N–H and O–H groups in total. The van der Waals surface area contributed by atoms with Gasteiger partial charge in [-0.05, 0) is 31.2 Å². The number of halogens is 1. The van der Waals surface area contributed by atoms with Crippen LogP contribution in [0.1, 0.15) is 27.9 Å². The summed E-state index contributed by atoms with van der Waals surface area (Å²) < 4.78 is 14.1. The predicted octanol–water partition coefficient (Wildman–Crippen LogP) is 3.19. The number of aryl methyl sites for hydroxylation is 1. The van der Waals surface area contributed by atoms with Crippen LogP contribution in [-0.4, -0.2) is 33.5 Å². The van der Waals surface area contributed by atoms with Crippen molar-refractivity contribution in [2.45, 2.75) is 13.3 Å². The maximum Gasteiger partial charge on any atom is 0.269 e. The topological polar surface area (TPSA) is 78.5 Å². The van der Waals surface area contributed by atoms with E-state index in [0.29, 0.717) is 9.88 Å². The summed E-state index contributed by atoms with van der Waals surface area (Å²) in [6.45, 7) is 1.95. The molecule has 0 bridgehead atoms. The van der Waals surface area contributed by atoms with Gasteiger partial charge in [0.15, 0.2) is 0 Å². The second kappa shape index (κ2) is 9.64. The van der Waals surface area contributed by atoms with Gasteiger partial charge in [0.05, 0.1) is 4.91 Å². The summed E-state index contributed by atoms with van der Waals surface area (Å²) in [5.74, 6) is -1.74. The van der Waals surface area contributed by atoms with Crippen LogP contribution in [0.25, 0.3) is 6.08 Å². The Labute approximate surface area is 182 Å². The summed E-state index contributed by atoms with van der Waals surface area (Å²) in [5.41, 5.74) is 6.36. The van der Waals surface area contributed by atoms with E-state index in [9.17, 15) is 18.8 Å². The molecule has 0 spiro atoms. The van der Waals surface area contributed by atoms with E-state index >= 15 is 0 Å². The van der Waals surface area contributed by atoms with E-state index in [1.54, 1.807) is 42.5 Å². The van der Waals surface area contributed by atoms with E-state index in [2.05, 4.69) is 10.9 Å². The molecule has 3 rings (SSSR count). The van der Waals surface area contributed by atoms with Crippen LogP contribution in [0.15, 0.2) is 53.4 Å². The zero-order valence-corrected chi connectivity index (χ0v) is 17.6. The molecule has 0 aliphatic carbocycles. The molecule has 1 fully saturated rings. The summed E-state index contributed by atoms with van der Waals surface area (Å²) in [6, 6.07) is 13.0. The summed E-state index contributed by atoms with van der Waals surface area (Å²) in [7, 11) is 0. The van der Waals surface area contributed by atoms with Crippen LogP contribution in [0, 0.1) is 12.7 Å². The van der Waals surface area contributed by atoms with Crippen LogP contribution in [-0.2, 0) is 9.59 Å². The Morgan fingerprint density at radius 1 is 1.13 bits per heavy atom. The van der Waals surface area contributed by atoms with Crippen molar-refractivity contribution in [3.63, 3.8) is 0 Å². The van der Waals surface area contributed by atoms with Gasteiger partial charge in [0, 0.05) is 24.1 Å². The van der Waals surface area contributed by atoms with Gasteiger partial charge in [-0.15, -0.1) is 0 Å². The first-order valence-electron chi connectivity index (χ1n) is 9.01. The smallest absolute Gasteiger partial charge is 0.269 e. The van der Waals surface area contributed by atoms with Gasteiger partial charge in [0.2, 0.25) is 5.91 Å². The van der Waals surface area contributed by atoms with Crippen LogP contribution < -0.4 is 10.9 Å². The molecule has 0 aromatic heterocycles. The van der Waals surface area contributed by atoms with E-state index in [0.717, 1.165) is 17.3 Å². The fraction of sp³-hybridized carbons (Fsp3) is 0.143. The molecule has 6 nitrogen and oxygen atoms in total. The van der Waals surface area contributed by atoms with Crippen LogP contribution >= 0.6 is 24.0 Å². The van der Waals surface area contributed by atoms with Crippen molar-refractivity contribution in [1.82, 2.24) is 15.8 Å². The number of amides is 3. The van der Waals surface area contributed by atoms with Gasteiger partial charge < -0.3 is 0 Å². The van der Waals surface area contributed by atoms with Crippen molar-refractivity contribution in [2.24, 2.45) is 0 Å². The number of nitrogens with one attached hydrogen (secondary N) is 2. The number of benzene rings is 2. The average molecular weight is 444 g/mol. The third kappa shape index (κ3) is 5.31. The largest absolute Gasteiger partial charge is 0.292 e. The molecule has 0 unspecified atom stereocenters. The zero-order chi connectivity index (χ0) is 21.7. The Morgan fingerprint density at radius 3 is 2.53 bits per heavy atom. The first-order valence-corrected chi connectivity index (χ1v) is 10.2. The lowest BCUT2D eigenvalue weighted by Gasteiger charge is -2.14. The Bertz CT molecular complexity index is 1040. The molecule has 30 heavy (non-hydrogen) atoms. The van der Waals surface area contributed by atoms with Crippen LogP contribution in [0.2, 0.25) is 0 Å². The highest BCUT2D eigenvalue weighted by molar-refractivity contribution is 8.26. The summed E-state index contributed by atoms with van der Waals surface area (Å²) >= 11 is 6.26. The van der Waals surface area contributed by atoms with Crippen LogP contribution in [0.5, 0.6) is 0 Å². The van der Waals surface area contributed by atoms with E-state index in [-0.39, 0.29) is 29.3 Å². The zero-order valence-electron chi connectivity index (χ0n) is 16.0. The molecule has 1 aliphatic rings. The summed E-state index contributed by atoms with van der Waals surface area (Å²) in [6.07, 6.45) is 1.38. The van der Waals surface area contributed by atoms with Crippen LogP contribution in [0.3, 0.4) is 0 Å². The number of hydrogen-bond acceptors (Lipinski definition) is 5. The predicted molar refractivity (Wildman–Crippen MR) is 118 cm³/mol. The Kier molecular flexibility index (Phi) is 6.96. The number of carbonyl (C=O) groups is 3. The molecule has 1 heterocycles. The molecule has 2 aromatic carbocycles. The average Bonchev–Trinajstić information content (AvgIpc) is 2.99. The fourth-order valence-electron chi connectivity index (χ4n) is 2.61. The van der Waals surface area contributed by atoms with Gasteiger partial charge in [-0.2, -0.15) is 0 Å². The lowest BCUT2D eigenvalue weighted by Crippen LogP contribution is -2.43. The van der Waals surface area contributed by atoms with Gasteiger partial charge in [0.1, 0.15) is 10.1 Å². The third-order valence-corrected chi connectivity index (χ3v) is 5.63. The number of nitrogens with zero attached hydrogens (tertiary/aromatic N) is 1. The normalized spacial score (nSPS) is 14.9. The number of hydrogen-bond donors (Lipinski definition) is 2. The highest BCUT2D eigenvalue weighted by Crippen LogP contribution is 2.32. The first-order chi connectivity index (χ1) is 14.3. The third-order valence-electron chi connectivity index (χ3n) is 4.26. The standard InChI is InChI=1S/C21H18FN3O3S2/c1-13-6-8-14(9-7-13)19(27)24-23-18(26)10-11-25-20(28)17(30-21(25)29)12-15-4-2-3-5-16(15)22/h2-9,12H,10-11H2,1H3,(H,23,26)(H,24,27). The number of hydrazine groups is 1. The Morgan fingerprint density at radius 2 is 1.83 bits per heavy atom. The molecule has 154 valence electrons. The van der Waals surface area contributed by atoms with E-state index < -0.39 is 17.6 Å². The minimum atomic E-state index is -0.470. The Hall–Kier alpha value is -3.04. The molecule has 3 amide bonds. The van der Waals surface area contributed by atoms with Gasteiger partial charge in [-0.25, -0.2) is 4.39 Å². The second-order valence-electron chi connectivity index (χ2n) is 6.47. The lowest BCUT2D eigenvalue weighted by molar-refractivity contribution is -0.124. The van der Waals surface area contributed by atoms with Crippen molar-refractivity contribution in [2.75, 3.05) is 6.54 Å². The Balaban J connectivity index is 1.52. The van der Waals surface area contributed by atoms with Gasteiger partial charge in [-0.1, -0.05) is 59.9 Å². The summed E-state index contributed by atoms with van der Waals surface area (Å²) in [5, 5.41) is 0. The van der Waals surface area contributed by atoms with Crippen molar-refractivity contribution < 1.29 is 18.8 Å². The maximum absolute atomic E-state index is 13.8. The van der Waals surface area contributed by atoms with E-state index in [1.807, 2.05) is 6.92 Å². The van der Waals surface area contributed by atoms with Crippen molar-refractivity contribution in [1.29, 1.82) is 0 Å². The highest BCUT2D eigenvalue weighted by Gasteiger charge is 2.32. The molecular weight excluding hydrogens is 425 g/mol. The highest BCUT2D eigenvalue weighted by atomic mass is 32.2. The monoisotopic (exact) mass is 443 g/mol. The fourth-order valence-corrected chi connectivity index (χ4v) is 3.91. The second-order valence-corrected chi connectivity index (χ2v) is 8.15. The van der Waals surface area contributed by atoms with Crippen LogP contribution in [0.4, 0.5) is 4.39 Å². The molecular formula is C21H18FN3O3S2. The maximum atomic E-state index is 13.8. The first kappa shape index (κ1) is 21.7. The van der Waals surface area contributed by atoms with Gasteiger partial charge in [-0.3, -0.25) is 30.1 Å². The molecule has 0 atom stereocenters. The minimum Gasteiger partial charge on any atom is -0.292 e. The van der Waals surface area contributed by atoms with E-state index in [1.165, 1.54) is 17.0 Å². The molecule has 0 radical (unpaired) electrons. The summed E-state index contributed by atoms with van der Waals surface area (Å²) in [4.78, 5) is 38.2. The number of carbonyl (C=O) groups excluding carboxylic acids is 3. The number of thiocarbonyl (C=S) groups is 1. The quantitative estimate of drug-likeness (QED) is 0.422. The molecule has 0 saturated carbocycles. The van der Waals surface area contributed by atoms with Gasteiger partial charge in [0.25, 0.3) is 11.8 Å².